The second-order valence-corrected chi connectivity index (χ2v) is 27.9. The highest BCUT2D eigenvalue weighted by Gasteiger charge is 2.54. The maximum absolute atomic E-state index is 13.9. The SMILES string of the molecule is CC(CC(=O)NCCC(=O)N[C@H](C(=O)C[C@@H](CCCNC(N)=O)C(=O)Nc1ccc(COC(=O)N(C)CCCC(=O)O[C@@H]2C3OP(O)(=S)OC[C@H]4O[C@@H](n5cnc6c(N)ncnc65)[C@H](OP(O)(=S)OC[C@H]3O[C@H]2n2cnc3c(N)ncnc32)[C@@H]4O)cc1)C(C)C)C(=O)O. The molecule has 8 rings (SSSR count). The number of aliphatic hydroxyl groups excluding tert-OH is 1. The van der Waals surface area contributed by atoms with Crippen LogP contribution in [-0.2, 0) is 96.0 Å². The molecule has 7 heterocycles. The number of nitrogens with two attached hydrogens (primary N) is 3. The van der Waals surface area contributed by atoms with Crippen molar-refractivity contribution in [2.45, 2.75) is 127 Å². The quantitative estimate of drug-likeness (QED) is 0.0208. The number of aromatic nitrogens is 8. The predicted molar refractivity (Wildman–Crippen MR) is 331 cm³/mol. The van der Waals surface area contributed by atoms with E-state index in [9.17, 15) is 53.2 Å². The first-order chi connectivity index (χ1) is 44.1. The maximum Gasteiger partial charge on any atom is 0.409 e. The Labute approximate surface area is 540 Å². The lowest BCUT2D eigenvalue weighted by molar-refractivity contribution is -0.158. The molecule has 4 unspecified atom stereocenters. The van der Waals surface area contributed by atoms with Crippen molar-refractivity contribution in [2.24, 2.45) is 23.5 Å². The molecule has 3 aliphatic heterocycles. The number of primary amides is 1. The number of fused-ring (bicyclic) bond motifs is 5. The summed E-state index contributed by atoms with van der Waals surface area (Å²) < 4.78 is 50.5. The number of nitrogen functional groups attached to an aromatic ring is 2. The van der Waals surface area contributed by atoms with E-state index < -0.39 is 147 Å². The number of rotatable bonds is 26. The average Bonchev–Trinajstić information content (AvgIpc) is 1.62. The first-order valence-electron chi connectivity index (χ1n) is 29.1. The van der Waals surface area contributed by atoms with E-state index in [1.54, 1.807) is 38.1 Å². The van der Waals surface area contributed by atoms with Gasteiger partial charge in [-0.05, 0) is 66.5 Å². The van der Waals surface area contributed by atoms with Crippen molar-refractivity contribution in [3.05, 3.63) is 55.1 Å². The van der Waals surface area contributed by atoms with E-state index >= 15 is 0 Å². The van der Waals surface area contributed by atoms with Crippen molar-refractivity contribution in [3.8, 4) is 0 Å². The highest BCUT2D eigenvalue weighted by molar-refractivity contribution is 8.07. The van der Waals surface area contributed by atoms with Gasteiger partial charge >= 0.3 is 37.5 Å². The highest BCUT2D eigenvalue weighted by Crippen LogP contribution is 2.54. The summed E-state index contributed by atoms with van der Waals surface area (Å²) in [5.41, 5.74) is 18.8. The van der Waals surface area contributed by atoms with Crippen LogP contribution in [0.3, 0.4) is 0 Å². The number of carboxylic acid groups (broad SMARTS) is 1. The van der Waals surface area contributed by atoms with Gasteiger partial charge in [0.25, 0.3) is 0 Å². The number of Topliss-reactive ketones (excluding diaryl/α,β-unsaturated/α-hetero) is 1. The standard InChI is InChI=1S/C53H72N16O20P2S2/c1-26(2)37(66-34(71)13-15-57-35(72)17-27(3)51(76)77)31(70)18-29(7-5-14-58-52(56)78)48(75)65-30-11-9-28(10-12-30)19-82-53(79)67(4)16-6-8-36(73)87-43-41-33(86-50(43)69-25-64-39-45(55)60-23-62-47(39)69)21-84-91(81,93)89-42-40(74)32(20-83-90(80,92)88-41)85-49(42)68-24-63-38-44(54)59-22-61-46(38)68/h9-12,22-27,29,32-33,37,40-43,49-50,74H,5-8,13-21H2,1-4H3,(H,57,72)(H,65,75)(H,66,71)(H,76,77)(H,80,92)(H,81,93)(H2,54,59,61)(H2,55,60,62)(H3,56,58,78)/t27?,29-,32-,33-,37+,40-,41?,42-,43-,49-,50-,90?,91?/m1/s1. The zero-order valence-corrected chi connectivity index (χ0v) is 53.9. The van der Waals surface area contributed by atoms with Gasteiger partial charge in [-0.2, -0.15) is 0 Å². The third-order valence-electron chi connectivity index (χ3n) is 15.0. The lowest BCUT2D eigenvalue weighted by Crippen LogP contribution is -2.46. The minimum atomic E-state index is -4.45. The van der Waals surface area contributed by atoms with Gasteiger partial charge in [-0.25, -0.2) is 39.5 Å². The molecule has 3 saturated heterocycles. The molecule has 506 valence electrons. The van der Waals surface area contributed by atoms with Crippen LogP contribution in [0.15, 0.2) is 49.6 Å². The molecule has 0 radical (unpaired) electrons. The predicted octanol–water partition coefficient (Wildman–Crippen LogP) is 0.918. The molecule has 5 aromatic rings. The van der Waals surface area contributed by atoms with Gasteiger partial charge in [-0.1, -0.05) is 32.9 Å². The van der Waals surface area contributed by atoms with E-state index in [4.69, 9.17) is 83.0 Å². The third-order valence-corrected chi connectivity index (χ3v) is 18.2. The monoisotopic (exact) mass is 1380 g/mol. The summed E-state index contributed by atoms with van der Waals surface area (Å²) in [6.07, 6.45) is -7.95. The summed E-state index contributed by atoms with van der Waals surface area (Å²) >= 11 is 10.9. The number of esters is 1. The summed E-state index contributed by atoms with van der Waals surface area (Å²) in [7, 11) is 1.44. The van der Waals surface area contributed by atoms with Crippen LogP contribution in [0.5, 0.6) is 0 Å². The Morgan fingerprint density at radius 3 is 1.99 bits per heavy atom. The molecule has 36 nitrogen and oxygen atoms in total. The Kier molecular flexibility index (Phi) is 24.2. The fourth-order valence-electron chi connectivity index (χ4n) is 10.1. The molecule has 2 bridgehead atoms. The van der Waals surface area contributed by atoms with Crippen molar-refractivity contribution in [1.29, 1.82) is 0 Å². The molecule has 13 atom stereocenters. The van der Waals surface area contributed by atoms with E-state index in [1.165, 1.54) is 53.3 Å². The number of imidazole rings is 2. The molecule has 14 N–H and O–H groups in total. The molecule has 0 aliphatic carbocycles. The first-order valence-corrected chi connectivity index (χ1v) is 34.2. The highest BCUT2D eigenvalue weighted by atomic mass is 32.5. The average molecular weight is 1380 g/mol. The summed E-state index contributed by atoms with van der Waals surface area (Å²) in [5.74, 6) is -6.25. The number of carbonyl (C=O) groups excluding carboxylic acids is 7. The lowest BCUT2D eigenvalue weighted by Gasteiger charge is -2.29. The molecule has 6 amide bonds. The lowest BCUT2D eigenvalue weighted by atomic mass is 9.89. The summed E-state index contributed by atoms with van der Waals surface area (Å²) in [6.45, 7) is -5.53. The zero-order valence-electron chi connectivity index (χ0n) is 50.5. The smallest absolute Gasteiger partial charge is 0.409 e. The number of benzene rings is 1. The summed E-state index contributed by atoms with van der Waals surface area (Å²) in [5, 5.41) is 31.0. The van der Waals surface area contributed by atoms with Crippen LogP contribution < -0.4 is 38.5 Å². The van der Waals surface area contributed by atoms with Crippen LogP contribution in [0.1, 0.15) is 83.7 Å². The number of hydrogen-bond acceptors (Lipinski definition) is 27. The summed E-state index contributed by atoms with van der Waals surface area (Å²) in [6, 6.07) is 4.53. The number of ketones is 1. The number of hydrogen-bond donors (Lipinski definition) is 11. The Morgan fingerprint density at radius 2 is 1.38 bits per heavy atom. The number of ether oxygens (including phenoxy) is 4. The molecule has 93 heavy (non-hydrogen) atoms. The van der Waals surface area contributed by atoms with Crippen molar-refractivity contribution >= 4 is 124 Å². The Bertz CT molecular complexity index is 3650. The molecule has 3 fully saturated rings. The van der Waals surface area contributed by atoms with Crippen molar-refractivity contribution in [3.63, 3.8) is 0 Å². The van der Waals surface area contributed by atoms with Gasteiger partial charge in [0.15, 0.2) is 47.3 Å². The van der Waals surface area contributed by atoms with E-state index in [0.29, 0.717) is 11.3 Å². The van der Waals surface area contributed by atoms with E-state index in [0.717, 1.165) is 0 Å². The Hall–Kier alpha value is -7.58. The number of carbonyl (C=O) groups is 8. The number of amides is 6. The largest absolute Gasteiger partial charge is 0.481 e. The van der Waals surface area contributed by atoms with Crippen LogP contribution in [0.2, 0.25) is 0 Å². The minimum absolute atomic E-state index is 0.00266. The third kappa shape index (κ3) is 18.9. The molecular formula is C53H72N16O20P2S2. The topological polar surface area (TPSA) is 508 Å². The second kappa shape index (κ2) is 31.6. The van der Waals surface area contributed by atoms with Gasteiger partial charge in [0.2, 0.25) is 17.7 Å². The number of nitrogens with zero attached hydrogens (tertiary/aromatic N) is 9. The van der Waals surface area contributed by atoms with Crippen molar-refractivity contribution in [2.75, 3.05) is 56.7 Å². The van der Waals surface area contributed by atoms with Gasteiger partial charge in [0, 0.05) is 64.0 Å². The number of urea groups is 1. The number of aliphatic carboxylic acids is 1. The van der Waals surface area contributed by atoms with Gasteiger partial charge in [0.05, 0.1) is 37.8 Å². The van der Waals surface area contributed by atoms with Gasteiger partial charge in [-0.15, -0.1) is 0 Å². The minimum Gasteiger partial charge on any atom is -0.481 e. The normalized spacial score (nSPS) is 24.9. The Morgan fingerprint density at radius 1 is 0.774 bits per heavy atom. The van der Waals surface area contributed by atoms with E-state index in [2.05, 4.69) is 51.2 Å². The molecular weight excluding hydrogens is 1310 g/mol. The summed E-state index contributed by atoms with van der Waals surface area (Å²) in [4.78, 5) is 152. The molecule has 40 heteroatoms. The fraction of sp³-hybridized carbons (Fsp3) is 0.547. The fourth-order valence-corrected chi connectivity index (χ4v) is 13.0. The van der Waals surface area contributed by atoms with Crippen LogP contribution >= 0.6 is 13.4 Å². The van der Waals surface area contributed by atoms with Crippen LogP contribution in [0, 0.1) is 17.8 Å². The molecule has 0 spiro atoms. The van der Waals surface area contributed by atoms with Crippen molar-refractivity contribution in [1.82, 2.24) is 59.9 Å². The zero-order chi connectivity index (χ0) is 67.5. The second-order valence-electron chi connectivity index (χ2n) is 22.3. The number of anilines is 3. The van der Waals surface area contributed by atoms with Crippen molar-refractivity contribution < 1.29 is 95.4 Å². The van der Waals surface area contributed by atoms with Crippen LogP contribution in [-0.4, -0.2) is 194 Å². The van der Waals surface area contributed by atoms with E-state index in [-0.39, 0.29) is 105 Å². The van der Waals surface area contributed by atoms with E-state index in [1.807, 2.05) is 0 Å². The number of aliphatic hydroxyl groups is 1. The Balaban J connectivity index is 0.862. The molecule has 4 aromatic heterocycles. The molecule has 0 saturated carbocycles. The molecule has 1 aromatic carbocycles. The number of carboxylic acids is 1. The van der Waals surface area contributed by atoms with Gasteiger partial charge < -0.3 is 91.4 Å². The van der Waals surface area contributed by atoms with Gasteiger partial charge in [0.1, 0.15) is 60.8 Å². The van der Waals surface area contributed by atoms with Crippen LogP contribution in [0.25, 0.3) is 22.3 Å². The van der Waals surface area contributed by atoms with Gasteiger partial charge in [-0.3, -0.25) is 46.9 Å². The first kappa shape index (κ1) is 71.3. The molecule has 3 aliphatic rings. The number of nitrogens with one attached hydrogen (secondary N) is 4. The maximum atomic E-state index is 13.9. The van der Waals surface area contributed by atoms with Crippen LogP contribution in [0.4, 0.5) is 26.9 Å².